The van der Waals surface area contributed by atoms with Gasteiger partial charge < -0.3 is 11.1 Å². The molecule has 1 fully saturated rings. The van der Waals surface area contributed by atoms with E-state index in [2.05, 4.69) is 36.2 Å². The lowest BCUT2D eigenvalue weighted by Gasteiger charge is -2.44. The lowest BCUT2D eigenvalue weighted by atomic mass is 9.79. The molecule has 3 N–H and O–H groups in total. The number of fused-ring (bicyclic) bond motifs is 1. The summed E-state index contributed by atoms with van der Waals surface area (Å²) < 4.78 is 0. The van der Waals surface area contributed by atoms with Crippen molar-refractivity contribution in [2.45, 2.75) is 39.3 Å². The van der Waals surface area contributed by atoms with Gasteiger partial charge in [-0.05, 0) is 30.2 Å². The van der Waals surface area contributed by atoms with Gasteiger partial charge in [-0.15, -0.1) is 0 Å². The molecule has 2 aromatic rings. The van der Waals surface area contributed by atoms with Crippen molar-refractivity contribution in [3.8, 4) is 0 Å². The summed E-state index contributed by atoms with van der Waals surface area (Å²) in [7, 11) is 0. The molecule has 1 aliphatic rings. The molecular formula is C20H27N3O. The summed E-state index contributed by atoms with van der Waals surface area (Å²) in [6, 6.07) is 14.1. The molecule has 2 atom stereocenters. The van der Waals surface area contributed by atoms with Crippen LogP contribution in [0.15, 0.2) is 42.5 Å². The molecule has 0 aliphatic carbocycles. The SMILES string of the molecule is CC(C(=O)Nc1cccc2ccccc12)N1CCC(N)C(C)(C)C1. The number of benzene rings is 2. The molecule has 2 aromatic carbocycles. The Balaban J connectivity index is 1.74. The number of amides is 1. The van der Waals surface area contributed by atoms with E-state index in [1.165, 1.54) is 0 Å². The Morgan fingerprint density at radius 3 is 2.71 bits per heavy atom. The molecule has 1 aliphatic heterocycles. The predicted molar refractivity (Wildman–Crippen MR) is 100.0 cm³/mol. The average molecular weight is 325 g/mol. The largest absolute Gasteiger partial charge is 0.327 e. The molecule has 4 nitrogen and oxygen atoms in total. The zero-order chi connectivity index (χ0) is 17.3. The number of nitrogens with zero attached hydrogens (tertiary/aromatic N) is 1. The fourth-order valence-electron chi connectivity index (χ4n) is 3.48. The standard InChI is InChI=1S/C20H27N3O/c1-14(23-12-11-18(21)20(2,3)13-23)19(24)22-17-10-6-8-15-7-4-5-9-16(15)17/h4-10,14,18H,11-13,21H2,1-3H3,(H,22,24). The molecular weight excluding hydrogens is 298 g/mol. The summed E-state index contributed by atoms with van der Waals surface area (Å²) in [4.78, 5) is 15.0. The third-order valence-corrected chi connectivity index (χ3v) is 5.32. The van der Waals surface area contributed by atoms with Crippen LogP contribution < -0.4 is 11.1 Å². The highest BCUT2D eigenvalue weighted by Gasteiger charge is 2.36. The summed E-state index contributed by atoms with van der Waals surface area (Å²) in [5.74, 6) is 0.0395. The highest BCUT2D eigenvalue weighted by Crippen LogP contribution is 2.29. The van der Waals surface area contributed by atoms with Gasteiger partial charge in [0.2, 0.25) is 5.91 Å². The molecule has 0 spiro atoms. The van der Waals surface area contributed by atoms with E-state index in [-0.39, 0.29) is 23.4 Å². The number of hydrogen-bond acceptors (Lipinski definition) is 3. The van der Waals surface area contributed by atoms with Gasteiger partial charge >= 0.3 is 0 Å². The molecule has 1 saturated heterocycles. The molecule has 3 rings (SSSR count). The van der Waals surface area contributed by atoms with Crippen molar-refractivity contribution in [3.05, 3.63) is 42.5 Å². The predicted octanol–water partition coefficient (Wildman–Crippen LogP) is 3.23. The molecule has 4 heteroatoms. The number of hydrogen-bond donors (Lipinski definition) is 2. The third kappa shape index (κ3) is 3.30. The maximum absolute atomic E-state index is 12.8. The Hall–Kier alpha value is -1.91. The summed E-state index contributed by atoms with van der Waals surface area (Å²) >= 11 is 0. The second-order valence-electron chi connectivity index (χ2n) is 7.55. The fraction of sp³-hybridized carbons (Fsp3) is 0.450. The third-order valence-electron chi connectivity index (χ3n) is 5.32. The summed E-state index contributed by atoms with van der Waals surface area (Å²) in [6.45, 7) is 8.05. The number of nitrogens with one attached hydrogen (secondary N) is 1. The van der Waals surface area contributed by atoms with Crippen LogP contribution in [0.5, 0.6) is 0 Å². The number of anilines is 1. The first-order chi connectivity index (χ1) is 11.4. The number of carbonyl (C=O) groups is 1. The summed E-state index contributed by atoms with van der Waals surface area (Å²) in [6.07, 6.45) is 0.929. The lowest BCUT2D eigenvalue weighted by Crippen LogP contribution is -2.56. The minimum Gasteiger partial charge on any atom is -0.327 e. The number of carbonyl (C=O) groups excluding carboxylic acids is 1. The topological polar surface area (TPSA) is 58.4 Å². The van der Waals surface area contributed by atoms with Gasteiger partial charge in [-0.2, -0.15) is 0 Å². The van der Waals surface area contributed by atoms with Gasteiger partial charge in [-0.3, -0.25) is 9.69 Å². The first kappa shape index (κ1) is 16.9. The summed E-state index contributed by atoms with van der Waals surface area (Å²) in [5.41, 5.74) is 7.12. The Morgan fingerprint density at radius 1 is 1.25 bits per heavy atom. The maximum atomic E-state index is 12.8. The van der Waals surface area contributed by atoms with Crippen LogP contribution >= 0.6 is 0 Å². The molecule has 0 radical (unpaired) electrons. The molecule has 24 heavy (non-hydrogen) atoms. The van der Waals surface area contributed by atoms with Crippen molar-refractivity contribution in [3.63, 3.8) is 0 Å². The van der Waals surface area contributed by atoms with Crippen LogP contribution in [0, 0.1) is 5.41 Å². The van der Waals surface area contributed by atoms with Crippen LogP contribution in [0.25, 0.3) is 10.8 Å². The van der Waals surface area contributed by atoms with Gasteiger partial charge in [0, 0.05) is 30.2 Å². The molecule has 1 amide bonds. The summed E-state index contributed by atoms with van der Waals surface area (Å²) in [5, 5.41) is 5.31. The van der Waals surface area contributed by atoms with Crippen LogP contribution in [0.4, 0.5) is 5.69 Å². The van der Waals surface area contributed by atoms with Crippen LogP contribution in [0.1, 0.15) is 27.2 Å². The van der Waals surface area contributed by atoms with Gasteiger partial charge in [0.05, 0.1) is 6.04 Å². The smallest absolute Gasteiger partial charge is 0.241 e. The fourth-order valence-corrected chi connectivity index (χ4v) is 3.48. The van der Waals surface area contributed by atoms with E-state index in [1.54, 1.807) is 0 Å². The molecule has 0 saturated carbocycles. The number of rotatable bonds is 3. The molecule has 128 valence electrons. The van der Waals surface area contributed by atoms with Crippen LogP contribution in [-0.4, -0.2) is 36.0 Å². The van der Waals surface area contributed by atoms with Crippen molar-refractivity contribution in [1.29, 1.82) is 0 Å². The Bertz CT molecular complexity index is 735. The minimum absolute atomic E-state index is 0.0340. The first-order valence-electron chi connectivity index (χ1n) is 8.67. The number of nitrogens with two attached hydrogens (primary N) is 1. The van der Waals surface area contributed by atoms with Crippen LogP contribution in [0.3, 0.4) is 0 Å². The second kappa shape index (κ2) is 6.54. The van der Waals surface area contributed by atoms with Gasteiger partial charge in [0.15, 0.2) is 0 Å². The van der Waals surface area contributed by atoms with Crippen molar-refractivity contribution in [1.82, 2.24) is 4.90 Å². The van der Waals surface area contributed by atoms with E-state index in [9.17, 15) is 4.79 Å². The van der Waals surface area contributed by atoms with Gasteiger partial charge in [-0.25, -0.2) is 0 Å². The number of likely N-dealkylation sites (tertiary alicyclic amines) is 1. The first-order valence-corrected chi connectivity index (χ1v) is 8.67. The van der Waals surface area contributed by atoms with E-state index in [0.29, 0.717) is 0 Å². The van der Waals surface area contributed by atoms with E-state index in [1.807, 2.05) is 37.3 Å². The monoisotopic (exact) mass is 325 g/mol. The van der Waals surface area contributed by atoms with Crippen LogP contribution in [0.2, 0.25) is 0 Å². The van der Waals surface area contributed by atoms with Crippen molar-refractivity contribution in [2.75, 3.05) is 18.4 Å². The maximum Gasteiger partial charge on any atom is 0.241 e. The second-order valence-corrected chi connectivity index (χ2v) is 7.55. The molecule has 1 heterocycles. The van der Waals surface area contributed by atoms with Crippen molar-refractivity contribution >= 4 is 22.4 Å². The Kier molecular flexibility index (Phi) is 4.61. The van der Waals surface area contributed by atoms with Crippen molar-refractivity contribution in [2.24, 2.45) is 11.1 Å². The molecule has 0 bridgehead atoms. The van der Waals surface area contributed by atoms with E-state index >= 15 is 0 Å². The zero-order valence-corrected chi connectivity index (χ0v) is 14.8. The average Bonchev–Trinajstić information content (AvgIpc) is 2.57. The van der Waals surface area contributed by atoms with Crippen molar-refractivity contribution < 1.29 is 4.79 Å². The Labute approximate surface area is 144 Å². The van der Waals surface area contributed by atoms with E-state index in [0.717, 1.165) is 36.0 Å². The molecule has 0 aromatic heterocycles. The highest BCUT2D eigenvalue weighted by molar-refractivity contribution is 6.03. The van der Waals surface area contributed by atoms with Gasteiger partial charge in [0.1, 0.15) is 0 Å². The van der Waals surface area contributed by atoms with E-state index < -0.39 is 0 Å². The minimum atomic E-state index is -0.171. The normalized spacial score (nSPS) is 22.2. The number of piperidine rings is 1. The van der Waals surface area contributed by atoms with Crippen LogP contribution in [-0.2, 0) is 4.79 Å². The van der Waals surface area contributed by atoms with Gasteiger partial charge in [-0.1, -0.05) is 50.2 Å². The van der Waals surface area contributed by atoms with Gasteiger partial charge in [0.25, 0.3) is 0 Å². The molecule has 2 unspecified atom stereocenters. The lowest BCUT2D eigenvalue weighted by molar-refractivity contribution is -0.122. The zero-order valence-electron chi connectivity index (χ0n) is 14.8. The van der Waals surface area contributed by atoms with E-state index in [4.69, 9.17) is 5.73 Å². The quantitative estimate of drug-likeness (QED) is 0.911. The Morgan fingerprint density at radius 2 is 1.96 bits per heavy atom. The highest BCUT2D eigenvalue weighted by atomic mass is 16.2.